The summed E-state index contributed by atoms with van der Waals surface area (Å²) < 4.78 is 5.99. The summed E-state index contributed by atoms with van der Waals surface area (Å²) in [6.07, 6.45) is 5.32. The summed E-state index contributed by atoms with van der Waals surface area (Å²) in [4.78, 5) is 34.8. The number of rotatable bonds is 6. The molecule has 2 aromatic rings. The molecule has 0 saturated carbocycles. The van der Waals surface area contributed by atoms with E-state index in [0.717, 1.165) is 11.3 Å². The van der Waals surface area contributed by atoms with Crippen molar-refractivity contribution in [2.45, 2.75) is 51.7 Å². The highest BCUT2D eigenvalue weighted by Gasteiger charge is 2.28. The van der Waals surface area contributed by atoms with Crippen LogP contribution < -0.4 is 10.1 Å². The summed E-state index contributed by atoms with van der Waals surface area (Å²) in [5.74, 6) is 0.823. The first-order chi connectivity index (χ1) is 14.0. The largest absolute Gasteiger partial charge is 0.481 e. The smallest absolute Gasteiger partial charge is 0.271 e. The molecule has 154 valence electrons. The van der Waals surface area contributed by atoms with Crippen molar-refractivity contribution in [1.29, 1.82) is 0 Å². The Labute approximate surface area is 171 Å². The van der Waals surface area contributed by atoms with E-state index in [-0.39, 0.29) is 17.9 Å². The first kappa shape index (κ1) is 20.8. The molecule has 0 spiro atoms. The van der Waals surface area contributed by atoms with Gasteiger partial charge in [-0.2, -0.15) is 0 Å². The Bertz CT molecular complexity index is 833. The van der Waals surface area contributed by atoms with E-state index < -0.39 is 6.10 Å². The predicted molar refractivity (Wildman–Crippen MR) is 110 cm³/mol. The van der Waals surface area contributed by atoms with Gasteiger partial charge in [0.2, 0.25) is 0 Å². The minimum Gasteiger partial charge on any atom is -0.481 e. The van der Waals surface area contributed by atoms with Crippen molar-refractivity contribution in [2.24, 2.45) is 0 Å². The molecule has 1 unspecified atom stereocenters. The first-order valence-electron chi connectivity index (χ1n) is 10.1. The number of likely N-dealkylation sites (tertiary alicyclic amines) is 1. The third kappa shape index (κ3) is 5.31. The van der Waals surface area contributed by atoms with E-state index in [2.05, 4.69) is 29.1 Å². The lowest BCUT2D eigenvalue weighted by atomic mass is 10.0. The van der Waals surface area contributed by atoms with E-state index >= 15 is 0 Å². The van der Waals surface area contributed by atoms with Gasteiger partial charge in [0.05, 0.1) is 6.20 Å². The summed E-state index contributed by atoms with van der Waals surface area (Å²) in [6.45, 7) is 7.18. The molecule has 0 bridgehead atoms. The van der Waals surface area contributed by atoms with Crippen LogP contribution in [0.2, 0.25) is 0 Å². The first-order valence-corrected chi connectivity index (χ1v) is 10.1. The zero-order valence-corrected chi connectivity index (χ0v) is 17.2. The van der Waals surface area contributed by atoms with Crippen LogP contribution in [0.25, 0.3) is 0 Å². The zero-order chi connectivity index (χ0) is 20.8. The van der Waals surface area contributed by atoms with Crippen molar-refractivity contribution in [3.63, 3.8) is 0 Å². The summed E-state index contributed by atoms with van der Waals surface area (Å²) in [6, 6.07) is 7.86. The molecule has 1 aliphatic rings. The Balaban J connectivity index is 1.51. The van der Waals surface area contributed by atoms with E-state index in [4.69, 9.17) is 4.74 Å². The number of nitrogens with zero attached hydrogens (tertiary/aromatic N) is 3. The molecule has 1 fully saturated rings. The van der Waals surface area contributed by atoms with Crippen LogP contribution in [0.1, 0.15) is 55.6 Å². The number of ether oxygens (including phenoxy) is 1. The van der Waals surface area contributed by atoms with E-state index in [0.29, 0.717) is 37.5 Å². The number of carbonyl (C=O) groups excluding carboxylic acids is 2. The summed E-state index contributed by atoms with van der Waals surface area (Å²) >= 11 is 0. The van der Waals surface area contributed by atoms with Gasteiger partial charge < -0.3 is 15.0 Å². The SMILES string of the molecule is CC(Oc1ccccc1C(C)C)C(=O)N1CCC(NC(=O)c2cnccn2)CC1. The number of carbonyl (C=O) groups is 2. The summed E-state index contributed by atoms with van der Waals surface area (Å²) in [5, 5.41) is 2.97. The van der Waals surface area contributed by atoms with Gasteiger partial charge in [-0.25, -0.2) is 4.98 Å². The number of hydrogen-bond acceptors (Lipinski definition) is 5. The number of nitrogens with one attached hydrogen (secondary N) is 1. The lowest BCUT2D eigenvalue weighted by Crippen LogP contribution is -2.49. The van der Waals surface area contributed by atoms with Gasteiger partial charge in [-0.3, -0.25) is 14.6 Å². The molecular weight excluding hydrogens is 368 g/mol. The molecular formula is C22H28N4O3. The zero-order valence-electron chi connectivity index (χ0n) is 17.2. The monoisotopic (exact) mass is 396 g/mol. The van der Waals surface area contributed by atoms with Gasteiger partial charge >= 0.3 is 0 Å². The van der Waals surface area contributed by atoms with Crippen LogP contribution in [0.4, 0.5) is 0 Å². The van der Waals surface area contributed by atoms with E-state index in [1.807, 2.05) is 29.2 Å². The molecule has 0 aliphatic carbocycles. The molecule has 29 heavy (non-hydrogen) atoms. The van der Waals surface area contributed by atoms with Gasteiger partial charge in [-0.15, -0.1) is 0 Å². The maximum atomic E-state index is 12.8. The fourth-order valence-corrected chi connectivity index (χ4v) is 3.48. The second-order valence-corrected chi connectivity index (χ2v) is 7.62. The number of piperidine rings is 1. The lowest BCUT2D eigenvalue weighted by molar-refractivity contribution is -0.139. The van der Waals surface area contributed by atoms with E-state index in [9.17, 15) is 9.59 Å². The van der Waals surface area contributed by atoms with E-state index in [1.165, 1.54) is 18.6 Å². The lowest BCUT2D eigenvalue weighted by Gasteiger charge is -2.34. The molecule has 1 atom stereocenters. The van der Waals surface area contributed by atoms with Crippen LogP contribution in [0.3, 0.4) is 0 Å². The van der Waals surface area contributed by atoms with Gasteiger partial charge in [0.1, 0.15) is 11.4 Å². The fraction of sp³-hybridized carbons (Fsp3) is 0.455. The van der Waals surface area contributed by atoms with Gasteiger partial charge in [-0.1, -0.05) is 32.0 Å². The molecule has 1 N–H and O–H groups in total. The summed E-state index contributed by atoms with van der Waals surface area (Å²) in [5.41, 5.74) is 1.40. The highest BCUT2D eigenvalue weighted by molar-refractivity contribution is 5.92. The number of para-hydroxylation sites is 1. The van der Waals surface area contributed by atoms with Gasteiger partial charge in [-0.05, 0) is 37.3 Å². The van der Waals surface area contributed by atoms with Crippen LogP contribution in [0.15, 0.2) is 42.9 Å². The predicted octanol–water partition coefficient (Wildman–Crippen LogP) is 2.79. The van der Waals surface area contributed by atoms with Crippen LogP contribution in [0, 0.1) is 0 Å². The van der Waals surface area contributed by atoms with Gasteiger partial charge in [0.15, 0.2) is 6.10 Å². The molecule has 1 aromatic heterocycles. The molecule has 2 heterocycles. The van der Waals surface area contributed by atoms with Gasteiger partial charge in [0, 0.05) is 31.5 Å². The van der Waals surface area contributed by atoms with Crippen molar-refractivity contribution >= 4 is 11.8 Å². The van der Waals surface area contributed by atoms with Gasteiger partial charge in [0.25, 0.3) is 11.8 Å². The molecule has 1 saturated heterocycles. The Morgan fingerprint density at radius 3 is 2.52 bits per heavy atom. The minimum absolute atomic E-state index is 0.0199. The molecule has 7 nitrogen and oxygen atoms in total. The fourth-order valence-electron chi connectivity index (χ4n) is 3.48. The average molecular weight is 396 g/mol. The Morgan fingerprint density at radius 1 is 1.14 bits per heavy atom. The Kier molecular flexibility index (Phi) is 6.80. The summed E-state index contributed by atoms with van der Waals surface area (Å²) in [7, 11) is 0. The number of benzene rings is 1. The van der Waals surface area contributed by atoms with Crippen LogP contribution in [0.5, 0.6) is 5.75 Å². The van der Waals surface area contributed by atoms with Crippen LogP contribution >= 0.6 is 0 Å². The quantitative estimate of drug-likeness (QED) is 0.812. The Hall–Kier alpha value is -2.96. The molecule has 2 amide bonds. The van der Waals surface area contributed by atoms with Crippen molar-refractivity contribution in [2.75, 3.05) is 13.1 Å². The van der Waals surface area contributed by atoms with Crippen molar-refractivity contribution in [3.05, 3.63) is 54.1 Å². The number of aromatic nitrogens is 2. The molecule has 3 rings (SSSR count). The highest BCUT2D eigenvalue weighted by Crippen LogP contribution is 2.27. The normalized spacial score (nSPS) is 15.8. The maximum absolute atomic E-state index is 12.8. The van der Waals surface area contributed by atoms with Crippen LogP contribution in [-0.4, -0.2) is 51.9 Å². The number of hydrogen-bond donors (Lipinski definition) is 1. The highest BCUT2D eigenvalue weighted by atomic mass is 16.5. The molecule has 1 aliphatic heterocycles. The molecule has 7 heteroatoms. The third-order valence-corrected chi connectivity index (χ3v) is 5.13. The average Bonchev–Trinajstić information content (AvgIpc) is 2.74. The number of amides is 2. The third-order valence-electron chi connectivity index (χ3n) is 5.13. The molecule has 1 aromatic carbocycles. The molecule has 0 radical (unpaired) electrons. The topological polar surface area (TPSA) is 84.4 Å². The van der Waals surface area contributed by atoms with Crippen LogP contribution in [-0.2, 0) is 4.79 Å². The standard InChI is InChI=1S/C22H28N4O3/c1-15(2)18-6-4-5-7-20(18)29-16(3)22(28)26-12-8-17(9-13-26)25-21(27)19-14-23-10-11-24-19/h4-7,10-11,14-17H,8-9,12-13H2,1-3H3,(H,25,27). The second kappa shape index (κ2) is 9.49. The second-order valence-electron chi connectivity index (χ2n) is 7.62. The van der Waals surface area contributed by atoms with Crippen molar-refractivity contribution in [3.8, 4) is 5.75 Å². The maximum Gasteiger partial charge on any atom is 0.271 e. The Morgan fingerprint density at radius 2 is 1.86 bits per heavy atom. The van der Waals surface area contributed by atoms with E-state index in [1.54, 1.807) is 6.92 Å². The van der Waals surface area contributed by atoms with Crippen molar-refractivity contribution in [1.82, 2.24) is 20.2 Å². The van der Waals surface area contributed by atoms with Crippen molar-refractivity contribution < 1.29 is 14.3 Å². The minimum atomic E-state index is -0.555.